The van der Waals surface area contributed by atoms with Crippen LogP contribution in [0.4, 0.5) is 0 Å². The first-order valence-electron chi connectivity index (χ1n) is 5.34. The summed E-state index contributed by atoms with van der Waals surface area (Å²) in [5, 5.41) is 26.3. The third kappa shape index (κ3) is 2.10. The zero-order chi connectivity index (χ0) is 14.2. The highest BCUT2D eigenvalue weighted by molar-refractivity contribution is 5.90. The quantitative estimate of drug-likeness (QED) is 0.451. The lowest BCUT2D eigenvalue weighted by Gasteiger charge is -2.14. The molecular formula is C11H11N3O5. The third-order valence-electron chi connectivity index (χ3n) is 2.80. The number of hydrogen-bond donors (Lipinski definition) is 4. The van der Waals surface area contributed by atoms with Gasteiger partial charge < -0.3 is 20.4 Å². The molecule has 0 radical (unpaired) electrons. The zero-order valence-corrected chi connectivity index (χ0v) is 9.66. The molecule has 0 bridgehead atoms. The van der Waals surface area contributed by atoms with E-state index < -0.39 is 36.3 Å². The molecule has 1 unspecified atom stereocenters. The molecule has 1 aromatic heterocycles. The molecular weight excluding hydrogens is 254 g/mol. The Balaban J connectivity index is 2.50. The first-order valence-corrected chi connectivity index (χ1v) is 5.34. The fourth-order valence-corrected chi connectivity index (χ4v) is 1.78. The largest absolute Gasteiger partial charge is 0.394 e. The summed E-state index contributed by atoms with van der Waals surface area (Å²) in [6, 6.07) is 0. The standard InChI is InChI=1S/C11H11N3O5/c1-2-5-3-14(11(18)13-9(5)17)10-7(12)8(16)6(4-15)19-10/h1,3,6,8,10,12,15-16H,4H2,(H,13,17,18)/t6-,8?,10-/m1/s1. The van der Waals surface area contributed by atoms with E-state index in [-0.39, 0.29) is 11.3 Å². The van der Waals surface area contributed by atoms with Crippen molar-refractivity contribution in [1.82, 2.24) is 9.55 Å². The van der Waals surface area contributed by atoms with Crippen molar-refractivity contribution in [3.05, 3.63) is 32.6 Å². The second-order valence-corrected chi connectivity index (χ2v) is 3.96. The minimum atomic E-state index is -1.32. The average Bonchev–Trinajstić information content (AvgIpc) is 2.67. The van der Waals surface area contributed by atoms with E-state index in [1.165, 1.54) is 0 Å². The van der Waals surface area contributed by atoms with Crippen LogP contribution in [0.1, 0.15) is 11.8 Å². The van der Waals surface area contributed by atoms with Gasteiger partial charge in [0.15, 0.2) is 6.23 Å². The molecule has 19 heavy (non-hydrogen) atoms. The van der Waals surface area contributed by atoms with E-state index in [2.05, 4.69) is 5.92 Å². The Morgan fingerprint density at radius 3 is 2.79 bits per heavy atom. The predicted octanol–water partition coefficient (Wildman–Crippen LogP) is -2.21. The monoisotopic (exact) mass is 265 g/mol. The Kier molecular flexibility index (Phi) is 3.35. The van der Waals surface area contributed by atoms with Crippen LogP contribution in [0.5, 0.6) is 0 Å². The van der Waals surface area contributed by atoms with Crippen molar-refractivity contribution in [2.75, 3.05) is 6.61 Å². The number of aromatic nitrogens is 2. The van der Waals surface area contributed by atoms with Crippen LogP contribution in [0.25, 0.3) is 0 Å². The normalized spacial score (nSPS) is 26.4. The molecule has 100 valence electrons. The minimum Gasteiger partial charge on any atom is -0.394 e. The van der Waals surface area contributed by atoms with E-state index in [9.17, 15) is 14.7 Å². The van der Waals surface area contributed by atoms with Crippen LogP contribution in [0.15, 0.2) is 15.8 Å². The topological polar surface area (TPSA) is 128 Å². The number of ether oxygens (including phenoxy) is 1. The van der Waals surface area contributed by atoms with Gasteiger partial charge in [0.05, 0.1) is 12.3 Å². The molecule has 0 aliphatic carbocycles. The number of H-pyrrole nitrogens is 1. The van der Waals surface area contributed by atoms with Gasteiger partial charge in [0, 0.05) is 6.20 Å². The van der Waals surface area contributed by atoms with Crippen molar-refractivity contribution < 1.29 is 14.9 Å². The molecule has 0 amide bonds. The lowest BCUT2D eigenvalue weighted by atomic mass is 10.1. The lowest BCUT2D eigenvalue weighted by molar-refractivity contribution is -0.0441. The van der Waals surface area contributed by atoms with Gasteiger partial charge in [-0.05, 0) is 0 Å². The van der Waals surface area contributed by atoms with Crippen LogP contribution in [0.3, 0.4) is 0 Å². The van der Waals surface area contributed by atoms with E-state index in [1.807, 2.05) is 4.98 Å². The Hall–Kier alpha value is -2.21. The number of rotatable bonds is 2. The zero-order valence-electron chi connectivity index (χ0n) is 9.66. The van der Waals surface area contributed by atoms with Gasteiger partial charge in [-0.25, -0.2) is 4.79 Å². The minimum absolute atomic E-state index is 0.0991. The van der Waals surface area contributed by atoms with E-state index >= 15 is 0 Å². The molecule has 2 heterocycles. The maximum Gasteiger partial charge on any atom is 0.330 e. The van der Waals surface area contributed by atoms with E-state index in [4.69, 9.17) is 21.7 Å². The summed E-state index contributed by atoms with van der Waals surface area (Å²) in [6.45, 7) is -0.500. The molecule has 2 rings (SSSR count). The molecule has 3 atom stereocenters. The van der Waals surface area contributed by atoms with Crippen molar-refractivity contribution in [3.63, 3.8) is 0 Å². The molecule has 1 aliphatic heterocycles. The lowest BCUT2D eigenvalue weighted by Crippen LogP contribution is -2.36. The SMILES string of the molecule is C#Cc1cn([C@@H]2O[C@H](CO)C(O)C2=N)c(=O)[nH]c1=O. The summed E-state index contributed by atoms with van der Waals surface area (Å²) in [5.74, 6) is 2.10. The van der Waals surface area contributed by atoms with Crippen LogP contribution in [-0.4, -0.2) is 44.3 Å². The second kappa shape index (κ2) is 4.81. The van der Waals surface area contributed by atoms with Gasteiger partial charge in [0.2, 0.25) is 0 Å². The molecule has 0 spiro atoms. The molecule has 1 fully saturated rings. The van der Waals surface area contributed by atoms with Gasteiger partial charge in [0.1, 0.15) is 17.8 Å². The van der Waals surface area contributed by atoms with Crippen molar-refractivity contribution in [3.8, 4) is 12.3 Å². The summed E-state index contributed by atoms with van der Waals surface area (Å²) < 4.78 is 6.09. The number of aliphatic hydroxyl groups excluding tert-OH is 2. The van der Waals surface area contributed by atoms with Gasteiger partial charge in [-0.2, -0.15) is 0 Å². The molecule has 4 N–H and O–H groups in total. The second-order valence-electron chi connectivity index (χ2n) is 3.96. The van der Waals surface area contributed by atoms with Crippen molar-refractivity contribution in [2.24, 2.45) is 0 Å². The van der Waals surface area contributed by atoms with Gasteiger partial charge >= 0.3 is 5.69 Å². The van der Waals surface area contributed by atoms with Crippen LogP contribution in [0, 0.1) is 17.8 Å². The first-order chi connectivity index (χ1) is 8.99. The van der Waals surface area contributed by atoms with E-state index in [1.54, 1.807) is 0 Å². The van der Waals surface area contributed by atoms with Gasteiger partial charge in [-0.15, -0.1) is 6.42 Å². The van der Waals surface area contributed by atoms with Crippen LogP contribution in [-0.2, 0) is 4.74 Å². The van der Waals surface area contributed by atoms with Crippen molar-refractivity contribution >= 4 is 5.71 Å². The highest BCUT2D eigenvalue weighted by Crippen LogP contribution is 2.24. The molecule has 8 nitrogen and oxygen atoms in total. The number of terminal acetylenes is 1. The first kappa shape index (κ1) is 13.2. The third-order valence-corrected chi connectivity index (χ3v) is 2.80. The molecule has 1 saturated heterocycles. The van der Waals surface area contributed by atoms with Gasteiger partial charge in [-0.3, -0.25) is 14.3 Å². The molecule has 1 aliphatic rings. The fraction of sp³-hybridized carbons (Fsp3) is 0.364. The molecule has 8 heteroatoms. The number of nitrogens with zero attached hydrogens (tertiary/aromatic N) is 1. The maximum absolute atomic E-state index is 11.7. The van der Waals surface area contributed by atoms with Crippen LogP contribution in [0.2, 0.25) is 0 Å². The summed E-state index contributed by atoms with van der Waals surface area (Å²) in [7, 11) is 0. The summed E-state index contributed by atoms with van der Waals surface area (Å²) in [4.78, 5) is 25.0. The molecule has 0 saturated carbocycles. The van der Waals surface area contributed by atoms with Gasteiger partial charge in [-0.1, -0.05) is 5.92 Å². The average molecular weight is 265 g/mol. The Bertz CT molecular complexity index is 668. The molecule has 0 aromatic carbocycles. The summed E-state index contributed by atoms with van der Waals surface area (Å²) in [5.41, 5.74) is -1.92. The number of nitrogens with one attached hydrogen (secondary N) is 2. The number of hydrogen-bond acceptors (Lipinski definition) is 6. The maximum atomic E-state index is 11.7. The van der Waals surface area contributed by atoms with Crippen molar-refractivity contribution in [1.29, 1.82) is 5.41 Å². The predicted molar refractivity (Wildman–Crippen MR) is 64.0 cm³/mol. The summed E-state index contributed by atoms with van der Waals surface area (Å²) >= 11 is 0. The number of aromatic amines is 1. The number of aliphatic hydroxyl groups is 2. The van der Waals surface area contributed by atoms with Crippen LogP contribution >= 0.6 is 0 Å². The van der Waals surface area contributed by atoms with Crippen molar-refractivity contribution in [2.45, 2.75) is 18.4 Å². The highest BCUT2D eigenvalue weighted by Gasteiger charge is 2.40. The van der Waals surface area contributed by atoms with E-state index in [0.717, 1.165) is 10.8 Å². The van der Waals surface area contributed by atoms with E-state index in [0.29, 0.717) is 0 Å². The highest BCUT2D eigenvalue weighted by atomic mass is 16.5. The van der Waals surface area contributed by atoms with Crippen LogP contribution < -0.4 is 11.2 Å². The fourth-order valence-electron chi connectivity index (χ4n) is 1.78. The Morgan fingerprint density at radius 2 is 2.26 bits per heavy atom. The smallest absolute Gasteiger partial charge is 0.330 e. The Morgan fingerprint density at radius 1 is 1.58 bits per heavy atom. The Labute approximate surface area is 106 Å². The van der Waals surface area contributed by atoms with Gasteiger partial charge in [0.25, 0.3) is 5.56 Å². The molecule has 1 aromatic rings. The summed E-state index contributed by atoms with van der Waals surface area (Å²) in [6.07, 6.45) is 2.67.